The van der Waals surface area contributed by atoms with Gasteiger partial charge in [-0.1, -0.05) is 48.2 Å². The lowest BCUT2D eigenvalue weighted by molar-refractivity contribution is -0.121. The minimum atomic E-state index is -0.125. The van der Waals surface area contributed by atoms with Gasteiger partial charge in [-0.05, 0) is 47.9 Å². The lowest BCUT2D eigenvalue weighted by Gasteiger charge is -2.07. The SMILES string of the molecule is COc1ccc(CCNC(=O)c2ccc(/C=C3\SC(=S)N(C)C3=O)cc2)cc1. The van der Waals surface area contributed by atoms with E-state index in [0.29, 0.717) is 21.3 Å². The molecule has 1 aliphatic heterocycles. The smallest absolute Gasteiger partial charge is 0.265 e. The van der Waals surface area contributed by atoms with Crippen LogP contribution in [0.25, 0.3) is 6.08 Å². The number of methoxy groups -OCH3 is 1. The van der Waals surface area contributed by atoms with Crippen LogP contribution in [0.3, 0.4) is 0 Å². The molecule has 1 saturated heterocycles. The van der Waals surface area contributed by atoms with E-state index in [1.807, 2.05) is 36.4 Å². The predicted octanol–water partition coefficient (Wildman–Crippen LogP) is 3.50. The molecule has 1 aliphatic rings. The fourth-order valence-electron chi connectivity index (χ4n) is 2.64. The van der Waals surface area contributed by atoms with E-state index < -0.39 is 0 Å². The second-order valence-corrected chi connectivity index (χ2v) is 7.89. The van der Waals surface area contributed by atoms with Gasteiger partial charge in [0.2, 0.25) is 0 Å². The van der Waals surface area contributed by atoms with Crippen molar-refractivity contribution in [1.29, 1.82) is 0 Å². The maximum Gasteiger partial charge on any atom is 0.265 e. The van der Waals surface area contributed by atoms with Gasteiger partial charge in [0, 0.05) is 19.2 Å². The molecule has 0 saturated carbocycles. The molecule has 2 aromatic carbocycles. The normalized spacial score (nSPS) is 15.2. The van der Waals surface area contributed by atoms with Crippen LogP contribution in [-0.2, 0) is 11.2 Å². The van der Waals surface area contributed by atoms with E-state index >= 15 is 0 Å². The van der Waals surface area contributed by atoms with E-state index in [2.05, 4.69) is 5.32 Å². The van der Waals surface area contributed by atoms with Crippen LogP contribution in [-0.4, -0.2) is 41.7 Å². The highest BCUT2D eigenvalue weighted by molar-refractivity contribution is 8.26. The Morgan fingerprint density at radius 1 is 1.18 bits per heavy atom. The van der Waals surface area contributed by atoms with Crippen LogP contribution in [0.4, 0.5) is 0 Å². The molecule has 7 heteroatoms. The third kappa shape index (κ3) is 4.79. The number of nitrogens with zero attached hydrogens (tertiary/aromatic N) is 1. The predicted molar refractivity (Wildman–Crippen MR) is 116 cm³/mol. The summed E-state index contributed by atoms with van der Waals surface area (Å²) in [6.45, 7) is 0.548. The Kier molecular flexibility index (Phi) is 6.49. The van der Waals surface area contributed by atoms with Gasteiger partial charge in [-0.3, -0.25) is 14.5 Å². The van der Waals surface area contributed by atoms with Crippen molar-refractivity contribution in [3.8, 4) is 5.75 Å². The lowest BCUT2D eigenvalue weighted by Crippen LogP contribution is -2.25. The zero-order chi connectivity index (χ0) is 20.1. The third-order valence-corrected chi connectivity index (χ3v) is 5.80. The third-order valence-electron chi connectivity index (χ3n) is 4.32. The molecule has 2 aromatic rings. The van der Waals surface area contributed by atoms with Crippen molar-refractivity contribution in [1.82, 2.24) is 10.2 Å². The van der Waals surface area contributed by atoms with E-state index in [9.17, 15) is 9.59 Å². The Morgan fingerprint density at radius 3 is 2.43 bits per heavy atom. The summed E-state index contributed by atoms with van der Waals surface area (Å²) >= 11 is 6.40. The number of carbonyl (C=O) groups is 2. The van der Waals surface area contributed by atoms with Crippen molar-refractivity contribution in [3.05, 3.63) is 70.1 Å². The summed E-state index contributed by atoms with van der Waals surface area (Å²) in [7, 11) is 3.30. The molecule has 0 aliphatic carbocycles. The maximum absolute atomic E-state index is 12.3. The van der Waals surface area contributed by atoms with Crippen LogP contribution in [0.2, 0.25) is 0 Å². The Balaban J connectivity index is 1.55. The van der Waals surface area contributed by atoms with Crippen molar-refractivity contribution in [2.45, 2.75) is 6.42 Å². The number of thioether (sulfide) groups is 1. The summed E-state index contributed by atoms with van der Waals surface area (Å²) < 4.78 is 5.68. The van der Waals surface area contributed by atoms with Crippen molar-refractivity contribution in [2.24, 2.45) is 0 Å². The van der Waals surface area contributed by atoms with Gasteiger partial charge in [0.25, 0.3) is 11.8 Å². The van der Waals surface area contributed by atoms with E-state index in [4.69, 9.17) is 17.0 Å². The first-order chi connectivity index (χ1) is 13.5. The fourth-order valence-corrected chi connectivity index (χ4v) is 3.82. The summed E-state index contributed by atoms with van der Waals surface area (Å²) in [5.74, 6) is 0.587. The topological polar surface area (TPSA) is 58.6 Å². The number of likely N-dealkylation sites (N-methyl/N-ethyl adjacent to an activating group) is 1. The highest BCUT2D eigenvalue weighted by Gasteiger charge is 2.28. The molecule has 0 bridgehead atoms. The number of ether oxygens (including phenoxy) is 1. The summed E-state index contributed by atoms with van der Waals surface area (Å²) in [6, 6.07) is 14.9. The second kappa shape index (κ2) is 9.03. The molecule has 144 valence electrons. The van der Waals surface area contributed by atoms with Gasteiger partial charge in [0.1, 0.15) is 10.1 Å². The standard InChI is InChI=1S/C21H20N2O3S2/c1-23-20(25)18(28-21(23)27)13-15-3-7-16(8-4-15)19(24)22-12-11-14-5-9-17(26-2)10-6-14/h3-10,13H,11-12H2,1-2H3,(H,22,24)/b18-13-. The monoisotopic (exact) mass is 412 g/mol. The number of hydrogen-bond donors (Lipinski definition) is 1. The summed E-state index contributed by atoms with van der Waals surface area (Å²) in [6.07, 6.45) is 2.53. The first-order valence-electron chi connectivity index (χ1n) is 8.70. The van der Waals surface area contributed by atoms with Gasteiger partial charge < -0.3 is 10.1 Å². The molecule has 1 N–H and O–H groups in total. The summed E-state index contributed by atoms with van der Waals surface area (Å²) in [4.78, 5) is 26.4. The highest BCUT2D eigenvalue weighted by Crippen LogP contribution is 2.31. The number of nitrogens with one attached hydrogen (secondary N) is 1. The van der Waals surface area contributed by atoms with Gasteiger partial charge in [-0.15, -0.1) is 0 Å². The largest absolute Gasteiger partial charge is 0.497 e. The van der Waals surface area contributed by atoms with Gasteiger partial charge in [-0.2, -0.15) is 0 Å². The zero-order valence-electron chi connectivity index (χ0n) is 15.6. The highest BCUT2D eigenvalue weighted by atomic mass is 32.2. The number of rotatable bonds is 6. The summed E-state index contributed by atoms with van der Waals surface area (Å²) in [5, 5.41) is 2.92. The average molecular weight is 413 g/mol. The quantitative estimate of drug-likeness (QED) is 0.581. The molecule has 0 unspecified atom stereocenters. The van der Waals surface area contributed by atoms with Crippen LogP contribution in [0.15, 0.2) is 53.4 Å². The van der Waals surface area contributed by atoms with Gasteiger partial charge >= 0.3 is 0 Å². The number of benzene rings is 2. The number of amides is 2. The molecular formula is C21H20N2O3S2. The first kappa shape index (κ1) is 20.1. The van der Waals surface area contributed by atoms with E-state index in [-0.39, 0.29) is 11.8 Å². The maximum atomic E-state index is 12.3. The molecule has 1 heterocycles. The summed E-state index contributed by atoms with van der Waals surface area (Å²) in [5.41, 5.74) is 2.56. The van der Waals surface area contributed by atoms with Crippen LogP contribution in [0.1, 0.15) is 21.5 Å². The fraction of sp³-hybridized carbons (Fsp3) is 0.190. The first-order valence-corrected chi connectivity index (χ1v) is 9.93. The van der Waals surface area contributed by atoms with Crippen molar-refractivity contribution >= 4 is 46.2 Å². The molecule has 0 atom stereocenters. The minimum Gasteiger partial charge on any atom is -0.497 e. The molecule has 5 nitrogen and oxygen atoms in total. The molecule has 1 fully saturated rings. The Hall–Kier alpha value is -2.64. The van der Waals surface area contributed by atoms with Crippen LogP contribution < -0.4 is 10.1 Å². The van der Waals surface area contributed by atoms with Crippen molar-refractivity contribution in [2.75, 3.05) is 20.7 Å². The second-order valence-electron chi connectivity index (χ2n) is 6.22. The molecule has 0 spiro atoms. The average Bonchev–Trinajstić information content (AvgIpc) is 2.95. The number of hydrogen-bond acceptors (Lipinski definition) is 5. The molecule has 0 radical (unpaired) electrons. The van der Waals surface area contributed by atoms with Crippen molar-refractivity contribution in [3.63, 3.8) is 0 Å². The number of carbonyl (C=O) groups excluding carboxylic acids is 2. The Morgan fingerprint density at radius 2 is 1.86 bits per heavy atom. The van der Waals surface area contributed by atoms with Gasteiger partial charge in [0.05, 0.1) is 12.0 Å². The lowest BCUT2D eigenvalue weighted by atomic mass is 10.1. The van der Waals surface area contributed by atoms with E-state index in [1.165, 1.54) is 16.7 Å². The van der Waals surface area contributed by atoms with Crippen LogP contribution >= 0.6 is 24.0 Å². The van der Waals surface area contributed by atoms with Crippen LogP contribution in [0, 0.1) is 0 Å². The molecule has 0 aromatic heterocycles. The van der Waals surface area contributed by atoms with Crippen LogP contribution in [0.5, 0.6) is 5.75 Å². The zero-order valence-corrected chi connectivity index (χ0v) is 17.2. The molecule has 3 rings (SSSR count). The number of thiocarbonyl (C=S) groups is 1. The van der Waals surface area contributed by atoms with E-state index in [0.717, 1.165) is 23.3 Å². The van der Waals surface area contributed by atoms with Gasteiger partial charge in [0.15, 0.2) is 0 Å². The Bertz CT molecular complexity index is 922. The minimum absolute atomic E-state index is 0.102. The Labute approximate surface area is 173 Å². The molecule has 28 heavy (non-hydrogen) atoms. The van der Waals surface area contributed by atoms with Gasteiger partial charge in [-0.25, -0.2) is 0 Å². The van der Waals surface area contributed by atoms with Crippen molar-refractivity contribution < 1.29 is 14.3 Å². The molecule has 2 amide bonds. The molecular weight excluding hydrogens is 392 g/mol. The van der Waals surface area contributed by atoms with E-state index in [1.54, 1.807) is 32.4 Å².